The summed E-state index contributed by atoms with van der Waals surface area (Å²) in [5, 5.41) is 3.58. The minimum atomic E-state index is 0.194. The molecule has 3 unspecified atom stereocenters. The molecule has 1 N–H and O–H groups in total. The molecule has 1 aromatic carbocycles. The second-order valence-corrected chi connectivity index (χ2v) is 8.25. The van der Waals surface area contributed by atoms with Crippen LogP contribution in [0, 0.1) is 12.8 Å². The Balaban J connectivity index is 1.78. The lowest BCUT2D eigenvalue weighted by atomic mass is 10.0. The fourth-order valence-corrected chi connectivity index (χ4v) is 4.10. The van der Waals surface area contributed by atoms with Gasteiger partial charge in [-0.2, -0.15) is 0 Å². The van der Waals surface area contributed by atoms with Gasteiger partial charge in [0.2, 0.25) is 0 Å². The average Bonchev–Trinajstić information content (AvgIpc) is 2.81. The Morgan fingerprint density at radius 3 is 2.60 bits per heavy atom. The Morgan fingerprint density at radius 2 is 1.88 bits per heavy atom. The minimum absolute atomic E-state index is 0.194. The standard InChI is InChI=1S/C21H33N3O/c1-14(2)16(4)22-20-8-6-7-19(15(20)3)21(25)24-12-11-17-9-10-18(13-24)23(17)5/h6-8,14,16-18,22H,9-13H2,1-5H3. The number of benzene rings is 1. The minimum Gasteiger partial charge on any atom is -0.382 e. The molecule has 2 saturated heterocycles. The van der Waals surface area contributed by atoms with Crippen molar-refractivity contribution in [3.63, 3.8) is 0 Å². The number of hydrogen-bond donors (Lipinski definition) is 1. The van der Waals surface area contributed by atoms with E-state index in [1.54, 1.807) is 0 Å². The maximum Gasteiger partial charge on any atom is 0.254 e. The zero-order valence-corrected chi connectivity index (χ0v) is 16.4. The van der Waals surface area contributed by atoms with Crippen LogP contribution in [-0.2, 0) is 0 Å². The molecule has 3 rings (SSSR count). The monoisotopic (exact) mass is 343 g/mol. The highest BCUT2D eigenvalue weighted by Gasteiger charge is 2.36. The smallest absolute Gasteiger partial charge is 0.254 e. The van der Waals surface area contributed by atoms with Crippen molar-refractivity contribution in [3.05, 3.63) is 29.3 Å². The Labute approximate surface area is 152 Å². The Bertz CT molecular complexity index is 628. The van der Waals surface area contributed by atoms with Gasteiger partial charge in [0.05, 0.1) is 0 Å². The van der Waals surface area contributed by atoms with Crippen molar-refractivity contribution < 1.29 is 4.79 Å². The number of carbonyl (C=O) groups excluding carboxylic acids is 1. The summed E-state index contributed by atoms with van der Waals surface area (Å²) in [6.07, 6.45) is 3.60. The fourth-order valence-electron chi connectivity index (χ4n) is 4.10. The lowest BCUT2D eigenvalue weighted by molar-refractivity contribution is 0.0739. The summed E-state index contributed by atoms with van der Waals surface area (Å²) in [7, 11) is 2.22. The van der Waals surface area contributed by atoms with E-state index < -0.39 is 0 Å². The molecule has 1 amide bonds. The van der Waals surface area contributed by atoms with Gasteiger partial charge in [0, 0.05) is 42.5 Å². The number of hydrogen-bond acceptors (Lipinski definition) is 3. The first kappa shape index (κ1) is 18.2. The van der Waals surface area contributed by atoms with Crippen LogP contribution in [0.4, 0.5) is 5.69 Å². The van der Waals surface area contributed by atoms with Gasteiger partial charge in [-0.05, 0) is 63.8 Å². The van der Waals surface area contributed by atoms with E-state index in [0.717, 1.165) is 36.3 Å². The molecule has 2 aliphatic rings. The molecule has 0 spiro atoms. The molecule has 0 radical (unpaired) electrons. The highest BCUT2D eigenvalue weighted by molar-refractivity contribution is 5.97. The van der Waals surface area contributed by atoms with Crippen LogP contribution in [0.5, 0.6) is 0 Å². The van der Waals surface area contributed by atoms with Gasteiger partial charge in [-0.3, -0.25) is 9.69 Å². The summed E-state index contributed by atoms with van der Waals surface area (Å²) < 4.78 is 0. The molecular formula is C21H33N3O. The van der Waals surface area contributed by atoms with Gasteiger partial charge in [-0.15, -0.1) is 0 Å². The van der Waals surface area contributed by atoms with Crippen molar-refractivity contribution in [3.8, 4) is 0 Å². The molecule has 0 saturated carbocycles. The van der Waals surface area contributed by atoms with E-state index in [0.29, 0.717) is 24.0 Å². The normalized spacial score (nSPS) is 25.1. The van der Waals surface area contributed by atoms with Gasteiger partial charge in [0.15, 0.2) is 0 Å². The maximum absolute atomic E-state index is 13.2. The first-order valence-corrected chi connectivity index (χ1v) is 9.75. The molecule has 2 bridgehead atoms. The van der Waals surface area contributed by atoms with Crippen molar-refractivity contribution in [2.75, 3.05) is 25.5 Å². The van der Waals surface area contributed by atoms with Gasteiger partial charge in [-0.1, -0.05) is 19.9 Å². The van der Waals surface area contributed by atoms with E-state index in [1.807, 2.05) is 12.1 Å². The third-order valence-electron chi connectivity index (χ3n) is 6.38. The average molecular weight is 344 g/mol. The molecule has 138 valence electrons. The first-order chi connectivity index (χ1) is 11.9. The van der Waals surface area contributed by atoms with E-state index in [9.17, 15) is 4.79 Å². The molecule has 2 heterocycles. The second-order valence-electron chi connectivity index (χ2n) is 8.25. The van der Waals surface area contributed by atoms with Gasteiger partial charge in [0.25, 0.3) is 5.91 Å². The zero-order valence-electron chi connectivity index (χ0n) is 16.4. The quantitative estimate of drug-likeness (QED) is 0.904. The molecule has 4 heteroatoms. The number of fused-ring (bicyclic) bond motifs is 2. The van der Waals surface area contributed by atoms with Crippen LogP contribution >= 0.6 is 0 Å². The summed E-state index contributed by atoms with van der Waals surface area (Å²) in [4.78, 5) is 17.8. The van der Waals surface area contributed by atoms with E-state index >= 15 is 0 Å². The number of nitrogens with one attached hydrogen (secondary N) is 1. The van der Waals surface area contributed by atoms with Crippen molar-refractivity contribution in [2.24, 2.45) is 5.92 Å². The Hall–Kier alpha value is -1.55. The summed E-state index contributed by atoms with van der Waals surface area (Å²) in [6, 6.07) is 7.64. The summed E-state index contributed by atoms with van der Waals surface area (Å²) in [5.41, 5.74) is 3.00. The van der Waals surface area contributed by atoms with E-state index in [1.165, 1.54) is 12.8 Å². The number of amides is 1. The summed E-state index contributed by atoms with van der Waals surface area (Å²) in [6.45, 7) is 10.4. The number of rotatable bonds is 4. The van der Waals surface area contributed by atoms with Crippen LogP contribution < -0.4 is 5.32 Å². The molecule has 2 aliphatic heterocycles. The number of likely N-dealkylation sites (N-methyl/N-ethyl adjacent to an activating group) is 1. The highest BCUT2D eigenvalue weighted by Crippen LogP contribution is 2.30. The van der Waals surface area contributed by atoms with Crippen LogP contribution in [0.3, 0.4) is 0 Å². The lowest BCUT2D eigenvalue weighted by Gasteiger charge is -2.27. The molecule has 2 fully saturated rings. The van der Waals surface area contributed by atoms with Gasteiger partial charge in [-0.25, -0.2) is 0 Å². The predicted octanol–water partition coefficient (Wildman–Crippen LogP) is 3.76. The van der Waals surface area contributed by atoms with Crippen molar-refractivity contribution in [1.82, 2.24) is 9.80 Å². The third-order valence-corrected chi connectivity index (χ3v) is 6.38. The maximum atomic E-state index is 13.2. The molecule has 4 nitrogen and oxygen atoms in total. The molecule has 1 aromatic rings. The Morgan fingerprint density at radius 1 is 1.16 bits per heavy atom. The van der Waals surface area contributed by atoms with E-state index in [2.05, 4.69) is 55.9 Å². The van der Waals surface area contributed by atoms with Crippen LogP contribution in [0.15, 0.2) is 18.2 Å². The largest absolute Gasteiger partial charge is 0.382 e. The molecule has 0 aromatic heterocycles. The van der Waals surface area contributed by atoms with Gasteiger partial charge in [0.1, 0.15) is 0 Å². The van der Waals surface area contributed by atoms with Crippen molar-refractivity contribution in [2.45, 2.75) is 65.1 Å². The van der Waals surface area contributed by atoms with Gasteiger partial charge >= 0.3 is 0 Å². The molecular weight excluding hydrogens is 310 g/mol. The topological polar surface area (TPSA) is 35.6 Å². The molecule has 25 heavy (non-hydrogen) atoms. The first-order valence-electron chi connectivity index (χ1n) is 9.75. The fraction of sp³-hybridized carbons (Fsp3) is 0.667. The van der Waals surface area contributed by atoms with Gasteiger partial charge < -0.3 is 10.2 Å². The van der Waals surface area contributed by atoms with Crippen LogP contribution in [0.25, 0.3) is 0 Å². The molecule has 0 aliphatic carbocycles. The number of carbonyl (C=O) groups is 1. The van der Waals surface area contributed by atoms with Crippen molar-refractivity contribution >= 4 is 11.6 Å². The van der Waals surface area contributed by atoms with E-state index in [4.69, 9.17) is 0 Å². The SMILES string of the molecule is Cc1c(NC(C)C(C)C)cccc1C(=O)N1CCC2CCC(C1)N2C. The Kier molecular flexibility index (Phi) is 5.38. The summed E-state index contributed by atoms with van der Waals surface area (Å²) >= 11 is 0. The van der Waals surface area contributed by atoms with Crippen molar-refractivity contribution in [1.29, 1.82) is 0 Å². The number of nitrogens with zero attached hydrogens (tertiary/aromatic N) is 2. The summed E-state index contributed by atoms with van der Waals surface area (Å²) in [5.74, 6) is 0.745. The van der Waals surface area contributed by atoms with Crippen LogP contribution in [-0.4, -0.2) is 54.0 Å². The van der Waals surface area contributed by atoms with Crippen LogP contribution in [0.2, 0.25) is 0 Å². The zero-order chi connectivity index (χ0) is 18.1. The number of likely N-dealkylation sites (tertiary alicyclic amines) is 1. The highest BCUT2D eigenvalue weighted by atomic mass is 16.2. The van der Waals surface area contributed by atoms with E-state index in [-0.39, 0.29) is 5.91 Å². The molecule has 3 atom stereocenters. The predicted molar refractivity (Wildman–Crippen MR) is 104 cm³/mol. The number of anilines is 1. The second kappa shape index (κ2) is 7.36. The third kappa shape index (κ3) is 3.69. The lowest BCUT2D eigenvalue weighted by Crippen LogP contribution is -2.40. The van der Waals surface area contributed by atoms with Crippen LogP contribution in [0.1, 0.15) is 56.0 Å².